The third-order valence-electron chi connectivity index (χ3n) is 5.11. The van der Waals surface area contributed by atoms with E-state index in [4.69, 9.17) is 0 Å². The van der Waals surface area contributed by atoms with Crippen molar-refractivity contribution in [1.82, 2.24) is 15.1 Å². The summed E-state index contributed by atoms with van der Waals surface area (Å²) < 4.78 is 0. The fourth-order valence-electron chi connectivity index (χ4n) is 3.32. The number of hydrogen-bond donors (Lipinski definition) is 2. The predicted octanol–water partition coefficient (Wildman–Crippen LogP) is 1.35. The summed E-state index contributed by atoms with van der Waals surface area (Å²) in [7, 11) is 2.02. The number of hydrogen-bond acceptors (Lipinski definition) is 4. The number of aliphatic hydroxyl groups is 1. The first kappa shape index (κ1) is 17.4. The molecule has 1 aliphatic carbocycles. The Morgan fingerprint density at radius 1 is 1.21 bits per heavy atom. The normalized spacial score (nSPS) is 19.6. The number of amides is 1. The molecule has 0 unspecified atom stereocenters. The zero-order chi connectivity index (χ0) is 16.9. The lowest BCUT2D eigenvalue weighted by molar-refractivity contribution is -0.122. The number of carbonyl (C=O) groups excluding carboxylic acids is 1. The molecule has 24 heavy (non-hydrogen) atoms. The molecule has 0 bridgehead atoms. The van der Waals surface area contributed by atoms with E-state index >= 15 is 0 Å². The second-order valence-corrected chi connectivity index (χ2v) is 7.20. The molecule has 5 heteroatoms. The number of benzene rings is 1. The average molecular weight is 331 g/mol. The van der Waals surface area contributed by atoms with Gasteiger partial charge in [0.05, 0.1) is 12.6 Å². The topological polar surface area (TPSA) is 55.8 Å². The van der Waals surface area contributed by atoms with Crippen LogP contribution in [0, 0.1) is 0 Å². The number of carbonyl (C=O) groups is 1. The van der Waals surface area contributed by atoms with E-state index in [2.05, 4.69) is 33.3 Å². The molecular weight excluding hydrogens is 302 g/mol. The van der Waals surface area contributed by atoms with Gasteiger partial charge in [-0.15, -0.1) is 0 Å². The lowest BCUT2D eigenvalue weighted by atomic mass is 10.0. The van der Waals surface area contributed by atoms with Crippen LogP contribution >= 0.6 is 0 Å². The van der Waals surface area contributed by atoms with Crippen LogP contribution in [0.4, 0.5) is 0 Å². The van der Waals surface area contributed by atoms with Gasteiger partial charge in [0.15, 0.2) is 0 Å². The van der Waals surface area contributed by atoms with Crippen LogP contribution in [-0.2, 0) is 17.9 Å². The zero-order valence-corrected chi connectivity index (χ0v) is 14.6. The second-order valence-electron chi connectivity index (χ2n) is 7.20. The first-order valence-electron chi connectivity index (χ1n) is 9.06. The van der Waals surface area contributed by atoms with Gasteiger partial charge in [-0.1, -0.05) is 24.3 Å². The van der Waals surface area contributed by atoms with E-state index in [-0.39, 0.29) is 12.0 Å². The van der Waals surface area contributed by atoms with E-state index in [1.807, 2.05) is 13.1 Å². The van der Waals surface area contributed by atoms with Crippen LogP contribution in [-0.4, -0.2) is 59.6 Å². The van der Waals surface area contributed by atoms with Gasteiger partial charge in [-0.2, -0.15) is 0 Å². The number of likely N-dealkylation sites (N-methyl/N-ethyl adjacent to an activating group) is 1. The molecule has 1 heterocycles. The Hall–Kier alpha value is -1.43. The van der Waals surface area contributed by atoms with Crippen molar-refractivity contribution in [2.45, 2.75) is 50.9 Å². The Bertz CT molecular complexity index is 551. The van der Waals surface area contributed by atoms with Crippen molar-refractivity contribution in [2.75, 3.05) is 26.7 Å². The van der Waals surface area contributed by atoms with Crippen LogP contribution in [0.15, 0.2) is 24.3 Å². The SMILES string of the molecule is CN(CC(=O)NCc1ccccc1CN1CCC(O)CC1)C1CC1. The molecule has 5 nitrogen and oxygen atoms in total. The molecule has 3 rings (SSSR count). The molecule has 0 aromatic heterocycles. The molecule has 2 aliphatic rings. The summed E-state index contributed by atoms with van der Waals surface area (Å²) in [6.07, 6.45) is 4.01. The Morgan fingerprint density at radius 2 is 1.88 bits per heavy atom. The van der Waals surface area contributed by atoms with Crippen molar-refractivity contribution in [3.63, 3.8) is 0 Å². The van der Waals surface area contributed by atoms with Gasteiger partial charge in [-0.05, 0) is 43.9 Å². The molecule has 2 fully saturated rings. The minimum Gasteiger partial charge on any atom is -0.393 e. The number of likely N-dealkylation sites (tertiary alicyclic amines) is 1. The monoisotopic (exact) mass is 331 g/mol. The molecular formula is C19H29N3O2. The highest BCUT2D eigenvalue weighted by atomic mass is 16.3. The van der Waals surface area contributed by atoms with E-state index in [0.29, 0.717) is 19.1 Å². The molecule has 0 spiro atoms. The quantitative estimate of drug-likeness (QED) is 0.792. The number of nitrogens with zero attached hydrogens (tertiary/aromatic N) is 2. The summed E-state index contributed by atoms with van der Waals surface area (Å²) >= 11 is 0. The molecule has 1 saturated heterocycles. The number of nitrogens with one attached hydrogen (secondary N) is 1. The fraction of sp³-hybridized carbons (Fsp3) is 0.632. The van der Waals surface area contributed by atoms with Crippen molar-refractivity contribution in [3.8, 4) is 0 Å². The highest BCUT2D eigenvalue weighted by molar-refractivity contribution is 5.78. The van der Waals surface area contributed by atoms with E-state index in [1.54, 1.807) is 0 Å². The van der Waals surface area contributed by atoms with Gasteiger partial charge < -0.3 is 10.4 Å². The smallest absolute Gasteiger partial charge is 0.234 e. The van der Waals surface area contributed by atoms with Crippen molar-refractivity contribution in [3.05, 3.63) is 35.4 Å². The van der Waals surface area contributed by atoms with Gasteiger partial charge in [0.2, 0.25) is 5.91 Å². The molecule has 0 atom stereocenters. The maximum Gasteiger partial charge on any atom is 0.234 e. The van der Waals surface area contributed by atoms with Crippen molar-refractivity contribution < 1.29 is 9.90 Å². The van der Waals surface area contributed by atoms with Gasteiger partial charge in [-0.3, -0.25) is 14.6 Å². The number of piperidine rings is 1. The molecule has 0 radical (unpaired) electrons. The summed E-state index contributed by atoms with van der Waals surface area (Å²) in [6, 6.07) is 8.93. The molecule has 1 amide bonds. The maximum atomic E-state index is 12.1. The molecule has 2 N–H and O–H groups in total. The molecule has 1 aromatic rings. The Labute approximate surface area is 144 Å². The van der Waals surface area contributed by atoms with Crippen LogP contribution in [0.5, 0.6) is 0 Å². The highest BCUT2D eigenvalue weighted by Gasteiger charge is 2.27. The zero-order valence-electron chi connectivity index (χ0n) is 14.6. The van der Waals surface area contributed by atoms with Crippen LogP contribution < -0.4 is 5.32 Å². The van der Waals surface area contributed by atoms with Crippen LogP contribution in [0.2, 0.25) is 0 Å². The molecule has 132 valence electrons. The summed E-state index contributed by atoms with van der Waals surface area (Å²) in [6.45, 7) is 3.84. The third-order valence-corrected chi connectivity index (χ3v) is 5.11. The van der Waals surface area contributed by atoms with Crippen LogP contribution in [0.1, 0.15) is 36.8 Å². The van der Waals surface area contributed by atoms with Crippen molar-refractivity contribution >= 4 is 5.91 Å². The minimum absolute atomic E-state index is 0.0975. The second kappa shape index (κ2) is 8.10. The summed E-state index contributed by atoms with van der Waals surface area (Å²) in [4.78, 5) is 16.6. The largest absolute Gasteiger partial charge is 0.393 e. The Balaban J connectivity index is 1.50. The van der Waals surface area contributed by atoms with E-state index in [9.17, 15) is 9.90 Å². The van der Waals surface area contributed by atoms with Crippen LogP contribution in [0.25, 0.3) is 0 Å². The Morgan fingerprint density at radius 3 is 2.54 bits per heavy atom. The average Bonchev–Trinajstić information content (AvgIpc) is 3.41. The lowest BCUT2D eigenvalue weighted by Crippen LogP contribution is -2.37. The fourth-order valence-corrected chi connectivity index (χ4v) is 3.32. The van der Waals surface area contributed by atoms with Crippen molar-refractivity contribution in [2.24, 2.45) is 0 Å². The van der Waals surface area contributed by atoms with Crippen LogP contribution in [0.3, 0.4) is 0 Å². The van der Waals surface area contributed by atoms with E-state index < -0.39 is 0 Å². The molecule has 1 aliphatic heterocycles. The summed E-state index contributed by atoms with van der Waals surface area (Å²) in [5.41, 5.74) is 2.45. The first-order valence-corrected chi connectivity index (χ1v) is 9.06. The minimum atomic E-state index is -0.140. The van der Waals surface area contributed by atoms with Gasteiger partial charge in [0.25, 0.3) is 0 Å². The number of aliphatic hydroxyl groups excluding tert-OH is 1. The first-order chi connectivity index (χ1) is 11.6. The van der Waals surface area contributed by atoms with Crippen molar-refractivity contribution in [1.29, 1.82) is 0 Å². The van der Waals surface area contributed by atoms with Gasteiger partial charge in [0.1, 0.15) is 0 Å². The maximum absolute atomic E-state index is 12.1. The van der Waals surface area contributed by atoms with Gasteiger partial charge in [-0.25, -0.2) is 0 Å². The molecule has 1 aromatic carbocycles. The van der Waals surface area contributed by atoms with Gasteiger partial charge in [0, 0.05) is 32.2 Å². The third kappa shape index (κ3) is 5.03. The van der Waals surface area contributed by atoms with Gasteiger partial charge >= 0.3 is 0 Å². The summed E-state index contributed by atoms with van der Waals surface area (Å²) in [5.74, 6) is 0.0975. The van der Waals surface area contributed by atoms with E-state index in [0.717, 1.165) is 32.5 Å². The number of rotatable bonds is 7. The molecule has 1 saturated carbocycles. The predicted molar refractivity (Wildman–Crippen MR) is 94.5 cm³/mol. The lowest BCUT2D eigenvalue weighted by Gasteiger charge is -2.30. The Kier molecular flexibility index (Phi) is 5.87. The highest BCUT2D eigenvalue weighted by Crippen LogP contribution is 2.24. The van der Waals surface area contributed by atoms with E-state index in [1.165, 1.54) is 24.0 Å². The summed E-state index contributed by atoms with van der Waals surface area (Å²) in [5, 5.41) is 12.7. The standard InChI is InChI=1S/C19H29N3O2/c1-21(17-6-7-17)14-19(24)20-12-15-4-2-3-5-16(15)13-22-10-8-18(23)9-11-22/h2-5,17-18,23H,6-14H2,1H3,(H,20,24).